The molecule has 0 saturated carbocycles. The van der Waals surface area contributed by atoms with Gasteiger partial charge in [0.1, 0.15) is 0 Å². The zero-order chi connectivity index (χ0) is 19.3. The molecule has 0 bridgehead atoms. The molecular formula is C18H24N4O3S2. The molecule has 3 rings (SSSR count). The van der Waals surface area contributed by atoms with Crippen molar-refractivity contribution in [2.24, 2.45) is 0 Å². The maximum Gasteiger partial charge on any atom is 0.243 e. The van der Waals surface area contributed by atoms with E-state index in [4.69, 9.17) is 0 Å². The highest BCUT2D eigenvalue weighted by Crippen LogP contribution is 2.23. The van der Waals surface area contributed by atoms with Crippen molar-refractivity contribution < 1.29 is 13.2 Å². The Morgan fingerprint density at radius 2 is 2.07 bits per heavy atom. The first kappa shape index (κ1) is 19.9. The Morgan fingerprint density at radius 3 is 2.81 bits per heavy atom. The van der Waals surface area contributed by atoms with Gasteiger partial charge in [0.25, 0.3) is 0 Å². The van der Waals surface area contributed by atoms with Crippen LogP contribution in [0.2, 0.25) is 0 Å². The number of sulfonamides is 1. The Balaban J connectivity index is 1.62. The van der Waals surface area contributed by atoms with E-state index in [0.717, 1.165) is 31.0 Å². The summed E-state index contributed by atoms with van der Waals surface area (Å²) in [7, 11) is -3.49. The number of carbonyl (C=O) groups excluding carboxylic acids is 1. The second-order valence-electron chi connectivity index (χ2n) is 6.38. The zero-order valence-electron chi connectivity index (χ0n) is 15.3. The lowest BCUT2D eigenvalue weighted by molar-refractivity contribution is -0.113. The van der Waals surface area contributed by atoms with Gasteiger partial charge in [0, 0.05) is 37.7 Å². The van der Waals surface area contributed by atoms with Gasteiger partial charge in [0.15, 0.2) is 5.16 Å². The van der Waals surface area contributed by atoms with Crippen LogP contribution in [0.3, 0.4) is 0 Å². The van der Waals surface area contributed by atoms with Gasteiger partial charge in [-0.05, 0) is 37.5 Å². The third-order valence-corrected chi connectivity index (χ3v) is 7.19. The number of benzene rings is 1. The van der Waals surface area contributed by atoms with Gasteiger partial charge >= 0.3 is 0 Å². The van der Waals surface area contributed by atoms with Crippen LogP contribution in [0.5, 0.6) is 0 Å². The van der Waals surface area contributed by atoms with Crippen molar-refractivity contribution in [2.75, 3.05) is 24.2 Å². The van der Waals surface area contributed by atoms with E-state index in [2.05, 4.69) is 17.2 Å². The van der Waals surface area contributed by atoms with Gasteiger partial charge in [-0.2, -0.15) is 4.31 Å². The molecule has 1 aromatic carbocycles. The van der Waals surface area contributed by atoms with Crippen molar-refractivity contribution in [3.05, 3.63) is 36.7 Å². The van der Waals surface area contributed by atoms with Crippen LogP contribution in [0.15, 0.2) is 46.7 Å². The van der Waals surface area contributed by atoms with Gasteiger partial charge in [-0.1, -0.05) is 24.8 Å². The molecule has 27 heavy (non-hydrogen) atoms. The number of rotatable bonds is 8. The van der Waals surface area contributed by atoms with E-state index in [0.29, 0.717) is 18.8 Å². The molecular weight excluding hydrogens is 384 g/mol. The molecule has 1 aliphatic heterocycles. The highest BCUT2D eigenvalue weighted by molar-refractivity contribution is 7.99. The number of nitrogens with zero attached hydrogens (tertiary/aromatic N) is 3. The number of hydrogen-bond donors (Lipinski definition) is 1. The maximum absolute atomic E-state index is 12.7. The summed E-state index contributed by atoms with van der Waals surface area (Å²) in [6, 6.07) is 6.44. The Labute approximate surface area is 164 Å². The van der Waals surface area contributed by atoms with Crippen LogP contribution in [0, 0.1) is 0 Å². The average Bonchev–Trinajstić information content (AvgIpc) is 3.33. The van der Waals surface area contributed by atoms with Crippen molar-refractivity contribution in [1.29, 1.82) is 0 Å². The van der Waals surface area contributed by atoms with Crippen LogP contribution in [-0.4, -0.2) is 47.0 Å². The average molecular weight is 409 g/mol. The molecule has 2 heterocycles. The number of thioether (sulfide) groups is 1. The van der Waals surface area contributed by atoms with Gasteiger partial charge < -0.3 is 9.88 Å². The normalized spacial score (nSPS) is 15.1. The Kier molecular flexibility index (Phi) is 6.56. The minimum atomic E-state index is -3.49. The number of nitrogens with one attached hydrogen (secondary N) is 1. The topological polar surface area (TPSA) is 84.3 Å². The second kappa shape index (κ2) is 8.90. The molecule has 1 aromatic heterocycles. The molecule has 9 heteroatoms. The monoisotopic (exact) mass is 408 g/mol. The van der Waals surface area contributed by atoms with Crippen molar-refractivity contribution >= 4 is 33.4 Å². The van der Waals surface area contributed by atoms with Gasteiger partial charge in [0.05, 0.1) is 10.6 Å². The summed E-state index contributed by atoms with van der Waals surface area (Å²) in [5, 5.41) is 3.58. The molecule has 1 saturated heterocycles. The van der Waals surface area contributed by atoms with E-state index in [1.807, 2.05) is 10.8 Å². The van der Waals surface area contributed by atoms with Crippen LogP contribution in [0.1, 0.15) is 26.2 Å². The summed E-state index contributed by atoms with van der Waals surface area (Å²) in [5.74, 6) is 0.0193. The third kappa shape index (κ3) is 4.91. The van der Waals surface area contributed by atoms with Gasteiger partial charge in [-0.3, -0.25) is 4.79 Å². The first-order valence-corrected chi connectivity index (χ1v) is 11.5. The first-order valence-electron chi connectivity index (χ1n) is 9.04. The summed E-state index contributed by atoms with van der Waals surface area (Å²) in [5.41, 5.74) is 0.484. The number of aryl methyl sites for hydroxylation is 1. The van der Waals surface area contributed by atoms with E-state index in [1.54, 1.807) is 24.4 Å². The van der Waals surface area contributed by atoms with E-state index >= 15 is 0 Å². The highest BCUT2D eigenvalue weighted by Gasteiger charge is 2.27. The predicted molar refractivity (Wildman–Crippen MR) is 106 cm³/mol. The fraction of sp³-hybridized carbons (Fsp3) is 0.444. The summed E-state index contributed by atoms with van der Waals surface area (Å²) < 4.78 is 28.8. The maximum atomic E-state index is 12.7. The molecule has 0 atom stereocenters. The van der Waals surface area contributed by atoms with Crippen LogP contribution >= 0.6 is 11.8 Å². The molecule has 0 spiro atoms. The Hall–Kier alpha value is -1.84. The fourth-order valence-corrected chi connectivity index (χ4v) is 5.33. The number of hydrogen-bond acceptors (Lipinski definition) is 5. The first-order chi connectivity index (χ1) is 13.0. The number of anilines is 1. The fourth-order valence-electron chi connectivity index (χ4n) is 2.99. The standard InChI is InChI=1S/C18H24N4O3S2/c1-2-9-21-12-8-19-18(21)26-14-17(23)20-15-6-5-7-16(13-15)27(24,25)22-10-3-4-11-22/h5-8,12-13H,2-4,9-11,14H2,1H3,(H,20,23). The molecule has 146 valence electrons. The SMILES string of the molecule is CCCn1ccnc1SCC(=O)Nc1cccc(S(=O)(=O)N2CCCC2)c1. The smallest absolute Gasteiger partial charge is 0.243 e. The molecule has 1 N–H and O–H groups in total. The lowest BCUT2D eigenvalue weighted by Gasteiger charge is -2.16. The minimum absolute atomic E-state index is 0.193. The van der Waals surface area contributed by atoms with E-state index in [1.165, 1.54) is 22.1 Å². The molecule has 7 nitrogen and oxygen atoms in total. The van der Waals surface area contributed by atoms with Crippen LogP contribution in [-0.2, 0) is 21.4 Å². The Bertz CT molecular complexity index is 890. The van der Waals surface area contributed by atoms with Gasteiger partial charge in [-0.15, -0.1) is 0 Å². The zero-order valence-corrected chi connectivity index (χ0v) is 16.9. The minimum Gasteiger partial charge on any atom is -0.326 e. The molecule has 2 aromatic rings. The highest BCUT2D eigenvalue weighted by atomic mass is 32.2. The molecule has 0 aliphatic carbocycles. The largest absolute Gasteiger partial charge is 0.326 e. The second-order valence-corrected chi connectivity index (χ2v) is 9.26. The molecule has 0 radical (unpaired) electrons. The third-order valence-electron chi connectivity index (χ3n) is 4.29. The van der Waals surface area contributed by atoms with Crippen molar-refractivity contribution in [3.63, 3.8) is 0 Å². The molecule has 0 unspecified atom stereocenters. The van der Waals surface area contributed by atoms with Crippen LogP contribution in [0.25, 0.3) is 0 Å². The van der Waals surface area contributed by atoms with E-state index in [9.17, 15) is 13.2 Å². The quantitative estimate of drug-likeness (QED) is 0.679. The summed E-state index contributed by atoms with van der Waals surface area (Å²) in [6.07, 6.45) is 6.40. The van der Waals surface area contributed by atoms with Crippen molar-refractivity contribution in [3.8, 4) is 0 Å². The van der Waals surface area contributed by atoms with E-state index < -0.39 is 10.0 Å². The lowest BCUT2D eigenvalue weighted by Crippen LogP contribution is -2.28. The van der Waals surface area contributed by atoms with Crippen LogP contribution in [0.4, 0.5) is 5.69 Å². The number of aromatic nitrogens is 2. The molecule has 1 aliphatic rings. The molecule has 1 amide bonds. The molecule has 1 fully saturated rings. The summed E-state index contributed by atoms with van der Waals surface area (Å²) >= 11 is 1.36. The Morgan fingerprint density at radius 1 is 1.30 bits per heavy atom. The van der Waals surface area contributed by atoms with Crippen molar-refractivity contribution in [2.45, 2.75) is 42.8 Å². The summed E-state index contributed by atoms with van der Waals surface area (Å²) in [4.78, 5) is 16.7. The number of carbonyl (C=O) groups is 1. The lowest BCUT2D eigenvalue weighted by atomic mass is 10.3. The van der Waals surface area contributed by atoms with E-state index in [-0.39, 0.29) is 16.6 Å². The van der Waals surface area contributed by atoms with Gasteiger partial charge in [0.2, 0.25) is 15.9 Å². The van der Waals surface area contributed by atoms with Gasteiger partial charge in [-0.25, -0.2) is 13.4 Å². The summed E-state index contributed by atoms with van der Waals surface area (Å²) in [6.45, 7) is 4.06. The van der Waals surface area contributed by atoms with Crippen molar-refractivity contribution in [1.82, 2.24) is 13.9 Å². The number of amides is 1. The number of imidazole rings is 1. The predicted octanol–water partition coefficient (Wildman–Crippen LogP) is 2.81. The van der Waals surface area contributed by atoms with Crippen LogP contribution < -0.4 is 5.32 Å².